The van der Waals surface area contributed by atoms with E-state index in [2.05, 4.69) is 22.2 Å². The van der Waals surface area contributed by atoms with Gasteiger partial charge in [-0.25, -0.2) is 9.97 Å². The standard InChI is InChI=1S/C13H20ClN3O2/c1-5-6-9-10(14)16-8-17-11(9)15-7-13(2,3)12(18)19-4/h8H,5-7H2,1-4H3,(H,15,16,17). The second-order valence-corrected chi connectivity index (χ2v) is 5.33. The Morgan fingerprint density at radius 2 is 2.16 bits per heavy atom. The maximum absolute atomic E-state index is 11.6. The van der Waals surface area contributed by atoms with Gasteiger partial charge in [0, 0.05) is 12.1 Å². The van der Waals surface area contributed by atoms with Crippen LogP contribution in [0.15, 0.2) is 6.33 Å². The van der Waals surface area contributed by atoms with Crippen molar-refractivity contribution in [2.45, 2.75) is 33.6 Å². The lowest BCUT2D eigenvalue weighted by atomic mass is 9.93. The number of hydrogen-bond donors (Lipinski definition) is 1. The van der Waals surface area contributed by atoms with Gasteiger partial charge in [0.1, 0.15) is 17.3 Å². The maximum atomic E-state index is 11.6. The number of carbonyl (C=O) groups excluding carboxylic acids is 1. The van der Waals surface area contributed by atoms with Gasteiger partial charge in [-0.15, -0.1) is 0 Å². The molecule has 0 aliphatic heterocycles. The van der Waals surface area contributed by atoms with Gasteiger partial charge in [-0.3, -0.25) is 4.79 Å². The van der Waals surface area contributed by atoms with Crippen molar-refractivity contribution in [2.24, 2.45) is 5.41 Å². The Balaban J connectivity index is 2.83. The number of halogens is 1. The minimum absolute atomic E-state index is 0.266. The lowest BCUT2D eigenvalue weighted by molar-refractivity contribution is -0.149. The largest absolute Gasteiger partial charge is 0.469 e. The van der Waals surface area contributed by atoms with Crippen molar-refractivity contribution in [1.29, 1.82) is 0 Å². The van der Waals surface area contributed by atoms with Crippen molar-refractivity contribution >= 4 is 23.4 Å². The minimum atomic E-state index is -0.629. The summed E-state index contributed by atoms with van der Waals surface area (Å²) in [4.78, 5) is 19.8. The summed E-state index contributed by atoms with van der Waals surface area (Å²) in [7, 11) is 1.38. The Labute approximate surface area is 118 Å². The highest BCUT2D eigenvalue weighted by Gasteiger charge is 2.28. The molecule has 1 aromatic rings. The number of anilines is 1. The van der Waals surface area contributed by atoms with E-state index in [0.717, 1.165) is 18.4 Å². The van der Waals surface area contributed by atoms with Gasteiger partial charge in [0.25, 0.3) is 0 Å². The van der Waals surface area contributed by atoms with Crippen LogP contribution in [0, 0.1) is 5.41 Å². The van der Waals surface area contributed by atoms with Crippen molar-refractivity contribution in [2.75, 3.05) is 19.0 Å². The molecule has 5 nitrogen and oxygen atoms in total. The molecule has 0 atom stereocenters. The fraction of sp³-hybridized carbons (Fsp3) is 0.615. The molecule has 19 heavy (non-hydrogen) atoms. The molecule has 0 aliphatic carbocycles. The number of carbonyl (C=O) groups is 1. The SMILES string of the molecule is CCCc1c(Cl)ncnc1NCC(C)(C)C(=O)OC. The fourth-order valence-electron chi connectivity index (χ4n) is 1.67. The lowest BCUT2D eigenvalue weighted by Crippen LogP contribution is -2.33. The Kier molecular flexibility index (Phi) is 5.54. The lowest BCUT2D eigenvalue weighted by Gasteiger charge is -2.22. The molecule has 0 amide bonds. The van der Waals surface area contributed by atoms with Crippen LogP contribution in [-0.4, -0.2) is 29.6 Å². The summed E-state index contributed by atoms with van der Waals surface area (Å²) in [5.41, 5.74) is 0.252. The Morgan fingerprint density at radius 1 is 1.47 bits per heavy atom. The molecule has 1 heterocycles. The molecular weight excluding hydrogens is 266 g/mol. The van der Waals surface area contributed by atoms with E-state index in [9.17, 15) is 4.79 Å². The number of ether oxygens (including phenoxy) is 1. The zero-order valence-electron chi connectivity index (χ0n) is 11.8. The van der Waals surface area contributed by atoms with Crippen LogP contribution < -0.4 is 5.32 Å². The number of nitrogens with zero attached hydrogens (tertiary/aromatic N) is 2. The molecular formula is C13H20ClN3O2. The first-order valence-corrected chi connectivity index (χ1v) is 6.61. The minimum Gasteiger partial charge on any atom is -0.469 e. The molecule has 0 saturated carbocycles. The fourth-order valence-corrected chi connectivity index (χ4v) is 1.90. The van der Waals surface area contributed by atoms with Crippen molar-refractivity contribution in [3.8, 4) is 0 Å². The van der Waals surface area contributed by atoms with E-state index in [1.165, 1.54) is 13.4 Å². The molecule has 0 radical (unpaired) electrons. The van der Waals surface area contributed by atoms with Gasteiger partial charge in [-0.1, -0.05) is 24.9 Å². The van der Waals surface area contributed by atoms with E-state index in [-0.39, 0.29) is 5.97 Å². The quantitative estimate of drug-likeness (QED) is 0.643. The van der Waals surface area contributed by atoms with E-state index in [4.69, 9.17) is 16.3 Å². The molecule has 0 aliphatic rings. The monoisotopic (exact) mass is 285 g/mol. The van der Waals surface area contributed by atoms with Crippen LogP contribution in [-0.2, 0) is 16.0 Å². The predicted octanol–water partition coefficient (Wildman–Crippen LogP) is 2.69. The van der Waals surface area contributed by atoms with Gasteiger partial charge >= 0.3 is 5.97 Å². The van der Waals surface area contributed by atoms with Crippen LogP contribution in [0.4, 0.5) is 5.82 Å². The van der Waals surface area contributed by atoms with Crippen molar-refractivity contribution in [3.05, 3.63) is 17.0 Å². The summed E-state index contributed by atoms with van der Waals surface area (Å²) in [5, 5.41) is 3.61. The third-order valence-electron chi connectivity index (χ3n) is 2.83. The molecule has 1 rings (SSSR count). The summed E-state index contributed by atoms with van der Waals surface area (Å²) < 4.78 is 4.77. The zero-order valence-corrected chi connectivity index (χ0v) is 12.5. The predicted molar refractivity (Wildman–Crippen MR) is 75.3 cm³/mol. The van der Waals surface area contributed by atoms with Crippen molar-refractivity contribution < 1.29 is 9.53 Å². The Hall–Kier alpha value is -1.36. The number of aromatic nitrogens is 2. The molecule has 0 saturated heterocycles. The highest BCUT2D eigenvalue weighted by molar-refractivity contribution is 6.30. The summed E-state index contributed by atoms with van der Waals surface area (Å²) >= 11 is 6.07. The number of esters is 1. The van der Waals surface area contributed by atoms with E-state index < -0.39 is 5.41 Å². The second-order valence-electron chi connectivity index (χ2n) is 4.97. The van der Waals surface area contributed by atoms with Crippen molar-refractivity contribution in [1.82, 2.24) is 9.97 Å². The second kappa shape index (κ2) is 6.70. The molecule has 0 aromatic carbocycles. The van der Waals surface area contributed by atoms with Crippen LogP contribution in [0.1, 0.15) is 32.8 Å². The molecule has 1 N–H and O–H groups in total. The number of methoxy groups -OCH3 is 1. The third kappa shape index (κ3) is 4.06. The van der Waals surface area contributed by atoms with Gasteiger partial charge in [0.05, 0.1) is 12.5 Å². The zero-order chi connectivity index (χ0) is 14.5. The van der Waals surface area contributed by atoms with E-state index in [1.807, 2.05) is 13.8 Å². The normalized spacial score (nSPS) is 11.2. The first-order chi connectivity index (χ1) is 8.92. The van der Waals surface area contributed by atoms with Gasteiger partial charge in [-0.2, -0.15) is 0 Å². The van der Waals surface area contributed by atoms with Crippen LogP contribution in [0.5, 0.6) is 0 Å². The third-order valence-corrected chi connectivity index (χ3v) is 3.15. The molecule has 106 valence electrons. The molecule has 6 heteroatoms. The topological polar surface area (TPSA) is 64.1 Å². The van der Waals surface area contributed by atoms with Gasteiger partial charge in [-0.05, 0) is 20.3 Å². The van der Waals surface area contributed by atoms with E-state index in [1.54, 1.807) is 0 Å². The highest BCUT2D eigenvalue weighted by atomic mass is 35.5. The summed E-state index contributed by atoms with van der Waals surface area (Å²) in [5.74, 6) is 0.413. The van der Waals surface area contributed by atoms with Gasteiger partial charge in [0.2, 0.25) is 0 Å². The van der Waals surface area contributed by atoms with Crippen molar-refractivity contribution in [3.63, 3.8) is 0 Å². The van der Waals surface area contributed by atoms with Gasteiger partial charge in [0.15, 0.2) is 0 Å². The first-order valence-electron chi connectivity index (χ1n) is 6.24. The van der Waals surface area contributed by atoms with Crippen LogP contribution in [0.3, 0.4) is 0 Å². The smallest absolute Gasteiger partial charge is 0.313 e. The molecule has 0 unspecified atom stereocenters. The average Bonchev–Trinajstić information content (AvgIpc) is 2.38. The molecule has 0 bridgehead atoms. The highest BCUT2D eigenvalue weighted by Crippen LogP contribution is 2.24. The van der Waals surface area contributed by atoms with Gasteiger partial charge < -0.3 is 10.1 Å². The Morgan fingerprint density at radius 3 is 2.74 bits per heavy atom. The van der Waals surface area contributed by atoms with Crippen LogP contribution in [0.2, 0.25) is 5.15 Å². The summed E-state index contributed by atoms with van der Waals surface area (Å²) in [6.07, 6.45) is 3.15. The molecule has 0 fully saturated rings. The average molecular weight is 286 g/mol. The Bertz CT molecular complexity index is 450. The van der Waals surface area contributed by atoms with E-state index in [0.29, 0.717) is 17.5 Å². The van der Waals surface area contributed by atoms with Crippen LogP contribution in [0.25, 0.3) is 0 Å². The van der Waals surface area contributed by atoms with Crippen LogP contribution >= 0.6 is 11.6 Å². The summed E-state index contributed by atoms with van der Waals surface area (Å²) in [6.45, 7) is 6.11. The maximum Gasteiger partial charge on any atom is 0.313 e. The summed E-state index contributed by atoms with van der Waals surface area (Å²) in [6, 6.07) is 0. The molecule has 0 spiro atoms. The number of rotatable bonds is 6. The number of hydrogen-bond acceptors (Lipinski definition) is 5. The first kappa shape index (κ1) is 15.7. The number of nitrogens with one attached hydrogen (secondary N) is 1. The molecule has 1 aromatic heterocycles. The van der Waals surface area contributed by atoms with E-state index >= 15 is 0 Å².